The second kappa shape index (κ2) is 5.22. The van der Waals surface area contributed by atoms with Crippen LogP contribution in [-0.4, -0.2) is 21.9 Å². The molecule has 1 saturated carbocycles. The Morgan fingerprint density at radius 3 is 2.55 bits per heavy atom. The Balaban J connectivity index is 1.69. The highest BCUT2D eigenvalue weighted by atomic mass is 16.1. The molecule has 0 saturated heterocycles. The lowest BCUT2D eigenvalue weighted by Crippen LogP contribution is -2.25. The zero-order valence-electron chi connectivity index (χ0n) is 12.0. The highest BCUT2D eigenvalue weighted by Crippen LogP contribution is 2.24. The molecule has 2 aromatic carbocycles. The minimum Gasteiger partial charge on any atom is -0.349 e. The average molecular weight is 289 g/mol. The third-order valence-corrected chi connectivity index (χ3v) is 3.84. The van der Waals surface area contributed by atoms with Gasteiger partial charge in [0.25, 0.3) is 5.91 Å². The number of hydrogen-bond acceptors (Lipinski definition) is 3. The molecule has 1 N–H and O–H groups in total. The number of aromatic nitrogens is 2. The summed E-state index contributed by atoms with van der Waals surface area (Å²) in [7, 11) is 0. The average Bonchev–Trinajstić information content (AvgIpc) is 3.38. The maximum Gasteiger partial charge on any atom is 0.251 e. The molecule has 0 spiro atoms. The van der Waals surface area contributed by atoms with E-state index in [4.69, 9.17) is 0 Å². The van der Waals surface area contributed by atoms with Gasteiger partial charge < -0.3 is 5.32 Å². The molecule has 1 aliphatic carbocycles. The Labute approximate surface area is 128 Å². The lowest BCUT2D eigenvalue weighted by molar-refractivity contribution is 0.0951. The molecule has 108 valence electrons. The molecule has 1 amide bonds. The standard InChI is InChI=1S/C18H15N3O/c22-18(21-15-5-6-15)14-3-1-2-12(10-14)13-4-7-16-17(11-13)20-9-8-19-16/h1-4,7-11,15H,5-6H2,(H,21,22). The molecule has 0 unspecified atom stereocenters. The first-order chi connectivity index (χ1) is 10.8. The summed E-state index contributed by atoms with van der Waals surface area (Å²) in [6, 6.07) is 14.0. The van der Waals surface area contributed by atoms with Crippen LogP contribution in [0.5, 0.6) is 0 Å². The van der Waals surface area contributed by atoms with Gasteiger partial charge in [0.15, 0.2) is 0 Å². The van der Waals surface area contributed by atoms with Crippen molar-refractivity contribution in [2.45, 2.75) is 18.9 Å². The van der Waals surface area contributed by atoms with Crippen molar-refractivity contribution in [3.8, 4) is 11.1 Å². The van der Waals surface area contributed by atoms with Crippen molar-refractivity contribution in [3.63, 3.8) is 0 Å². The fourth-order valence-corrected chi connectivity index (χ4v) is 2.48. The normalized spacial score (nSPS) is 14.0. The quantitative estimate of drug-likeness (QED) is 0.805. The SMILES string of the molecule is O=C(NC1CC1)c1cccc(-c2ccc3nccnc3c2)c1. The summed E-state index contributed by atoms with van der Waals surface area (Å²) in [5, 5.41) is 3.02. The molecule has 0 atom stereocenters. The van der Waals surface area contributed by atoms with E-state index in [-0.39, 0.29) is 5.91 Å². The number of carbonyl (C=O) groups excluding carboxylic acids is 1. The van der Waals surface area contributed by atoms with Crippen molar-refractivity contribution in [3.05, 3.63) is 60.4 Å². The van der Waals surface area contributed by atoms with Crippen LogP contribution < -0.4 is 5.32 Å². The number of nitrogens with one attached hydrogen (secondary N) is 1. The van der Waals surface area contributed by atoms with Crippen molar-refractivity contribution in [1.29, 1.82) is 0 Å². The maximum absolute atomic E-state index is 12.2. The number of hydrogen-bond donors (Lipinski definition) is 1. The van der Waals surface area contributed by atoms with Crippen LogP contribution in [0.2, 0.25) is 0 Å². The van der Waals surface area contributed by atoms with Crippen LogP contribution in [0.4, 0.5) is 0 Å². The van der Waals surface area contributed by atoms with Gasteiger partial charge in [0.05, 0.1) is 11.0 Å². The summed E-state index contributed by atoms with van der Waals surface area (Å²) in [4.78, 5) is 20.8. The summed E-state index contributed by atoms with van der Waals surface area (Å²) in [5.41, 5.74) is 4.47. The van der Waals surface area contributed by atoms with E-state index in [1.54, 1.807) is 12.4 Å². The van der Waals surface area contributed by atoms with Gasteiger partial charge in [-0.15, -0.1) is 0 Å². The van der Waals surface area contributed by atoms with Crippen LogP contribution >= 0.6 is 0 Å². The zero-order valence-corrected chi connectivity index (χ0v) is 12.0. The lowest BCUT2D eigenvalue weighted by Gasteiger charge is -2.07. The molecule has 0 bridgehead atoms. The van der Waals surface area contributed by atoms with Gasteiger partial charge >= 0.3 is 0 Å². The summed E-state index contributed by atoms with van der Waals surface area (Å²) < 4.78 is 0. The van der Waals surface area contributed by atoms with Gasteiger partial charge in [0.2, 0.25) is 0 Å². The van der Waals surface area contributed by atoms with Crippen LogP contribution in [0.3, 0.4) is 0 Å². The molecule has 22 heavy (non-hydrogen) atoms. The van der Waals surface area contributed by atoms with Gasteiger partial charge in [-0.05, 0) is 48.2 Å². The monoisotopic (exact) mass is 289 g/mol. The van der Waals surface area contributed by atoms with Gasteiger partial charge in [-0.1, -0.05) is 18.2 Å². The smallest absolute Gasteiger partial charge is 0.251 e. The summed E-state index contributed by atoms with van der Waals surface area (Å²) in [6.07, 6.45) is 5.56. The van der Waals surface area contributed by atoms with Gasteiger partial charge in [-0.25, -0.2) is 0 Å². The molecule has 4 heteroatoms. The van der Waals surface area contributed by atoms with E-state index in [0.717, 1.165) is 35.0 Å². The highest BCUT2D eigenvalue weighted by molar-refractivity contribution is 5.96. The minimum atomic E-state index is 0.00457. The molecule has 1 fully saturated rings. The van der Waals surface area contributed by atoms with Crippen molar-refractivity contribution in [2.24, 2.45) is 0 Å². The third-order valence-electron chi connectivity index (χ3n) is 3.84. The van der Waals surface area contributed by atoms with E-state index >= 15 is 0 Å². The summed E-state index contributed by atoms with van der Waals surface area (Å²) in [6.45, 7) is 0. The van der Waals surface area contributed by atoms with E-state index < -0.39 is 0 Å². The molecule has 1 aliphatic rings. The fourth-order valence-electron chi connectivity index (χ4n) is 2.48. The van der Waals surface area contributed by atoms with E-state index in [0.29, 0.717) is 11.6 Å². The van der Waals surface area contributed by atoms with Gasteiger partial charge in [0.1, 0.15) is 0 Å². The van der Waals surface area contributed by atoms with Crippen molar-refractivity contribution in [2.75, 3.05) is 0 Å². The number of fused-ring (bicyclic) bond motifs is 1. The molecule has 4 nitrogen and oxygen atoms in total. The highest BCUT2D eigenvalue weighted by Gasteiger charge is 2.23. The number of nitrogens with zero attached hydrogens (tertiary/aromatic N) is 2. The Hall–Kier alpha value is -2.75. The number of benzene rings is 2. The fraction of sp³-hybridized carbons (Fsp3) is 0.167. The van der Waals surface area contributed by atoms with Gasteiger partial charge in [-0.2, -0.15) is 0 Å². The van der Waals surface area contributed by atoms with Gasteiger partial charge in [0, 0.05) is 24.0 Å². The predicted molar refractivity (Wildman–Crippen MR) is 85.5 cm³/mol. The van der Waals surface area contributed by atoms with Crippen LogP contribution in [0, 0.1) is 0 Å². The first-order valence-electron chi connectivity index (χ1n) is 7.42. The Morgan fingerprint density at radius 1 is 0.955 bits per heavy atom. The number of rotatable bonds is 3. The number of carbonyl (C=O) groups is 1. The summed E-state index contributed by atoms with van der Waals surface area (Å²) in [5.74, 6) is 0.00457. The first-order valence-corrected chi connectivity index (χ1v) is 7.42. The topological polar surface area (TPSA) is 54.9 Å². The maximum atomic E-state index is 12.2. The molecule has 0 radical (unpaired) electrons. The van der Waals surface area contributed by atoms with E-state index in [9.17, 15) is 4.79 Å². The Kier molecular flexibility index (Phi) is 3.07. The molecule has 0 aliphatic heterocycles. The molecule has 1 aromatic heterocycles. The summed E-state index contributed by atoms with van der Waals surface area (Å²) >= 11 is 0. The van der Waals surface area contributed by atoms with E-state index in [1.165, 1.54) is 0 Å². The van der Waals surface area contributed by atoms with Crippen molar-refractivity contribution >= 4 is 16.9 Å². The molecule has 1 heterocycles. The first kappa shape index (κ1) is 13.0. The zero-order chi connectivity index (χ0) is 14.9. The van der Waals surface area contributed by atoms with Crippen LogP contribution in [0.1, 0.15) is 23.2 Å². The largest absolute Gasteiger partial charge is 0.349 e. The van der Waals surface area contributed by atoms with E-state index in [2.05, 4.69) is 15.3 Å². The van der Waals surface area contributed by atoms with Crippen LogP contribution in [0.25, 0.3) is 22.2 Å². The van der Waals surface area contributed by atoms with Crippen LogP contribution in [0.15, 0.2) is 54.9 Å². The minimum absolute atomic E-state index is 0.00457. The molecular formula is C18H15N3O. The second-order valence-corrected chi connectivity index (χ2v) is 5.59. The third kappa shape index (κ3) is 2.55. The van der Waals surface area contributed by atoms with Crippen molar-refractivity contribution < 1.29 is 4.79 Å². The Bertz CT molecular complexity index is 856. The van der Waals surface area contributed by atoms with Crippen molar-refractivity contribution in [1.82, 2.24) is 15.3 Å². The second-order valence-electron chi connectivity index (χ2n) is 5.59. The molecular weight excluding hydrogens is 274 g/mol. The van der Waals surface area contributed by atoms with E-state index in [1.807, 2.05) is 42.5 Å². The lowest BCUT2D eigenvalue weighted by atomic mass is 10.0. The number of amides is 1. The van der Waals surface area contributed by atoms with Gasteiger partial charge in [-0.3, -0.25) is 14.8 Å². The molecule has 3 aromatic rings. The molecule has 4 rings (SSSR count). The Morgan fingerprint density at radius 2 is 1.73 bits per heavy atom. The predicted octanol–water partition coefficient (Wildman–Crippen LogP) is 3.19. The van der Waals surface area contributed by atoms with Crippen LogP contribution in [-0.2, 0) is 0 Å².